The van der Waals surface area contributed by atoms with Gasteiger partial charge in [0.1, 0.15) is 0 Å². The first-order chi connectivity index (χ1) is 4.37. The molecule has 1 heteroatoms. The molecule has 0 N–H and O–H groups in total. The number of hydrogen-bond acceptors (Lipinski definition) is 1. The zero-order valence-corrected chi connectivity index (χ0v) is 6.02. The van der Waals surface area contributed by atoms with Crippen LogP contribution in [0.1, 0.15) is 25.7 Å². The average molecular weight is 126 g/mol. The SMILES string of the molecule is COCC12CCCC1C2. The van der Waals surface area contributed by atoms with Crippen molar-refractivity contribution in [2.24, 2.45) is 11.3 Å². The molecule has 0 aromatic rings. The maximum atomic E-state index is 5.17. The second-order valence-electron chi connectivity index (χ2n) is 3.59. The molecule has 0 aromatic heterocycles. The first-order valence-electron chi connectivity index (χ1n) is 3.86. The molecule has 0 bridgehead atoms. The van der Waals surface area contributed by atoms with Crippen molar-refractivity contribution in [3.63, 3.8) is 0 Å². The van der Waals surface area contributed by atoms with Gasteiger partial charge in [0.25, 0.3) is 0 Å². The summed E-state index contributed by atoms with van der Waals surface area (Å²) in [7, 11) is 1.82. The fraction of sp³-hybridized carbons (Fsp3) is 1.00. The van der Waals surface area contributed by atoms with Crippen LogP contribution in [0.5, 0.6) is 0 Å². The molecule has 0 radical (unpaired) electrons. The third kappa shape index (κ3) is 0.710. The molecule has 2 unspecified atom stereocenters. The summed E-state index contributed by atoms with van der Waals surface area (Å²) in [6.45, 7) is 1.03. The maximum absolute atomic E-state index is 5.17. The van der Waals surface area contributed by atoms with Crippen LogP contribution in [0.15, 0.2) is 0 Å². The predicted molar refractivity (Wildman–Crippen MR) is 36.3 cm³/mol. The monoisotopic (exact) mass is 126 g/mol. The van der Waals surface area contributed by atoms with Crippen LogP contribution in [0.2, 0.25) is 0 Å². The lowest BCUT2D eigenvalue weighted by Crippen LogP contribution is -2.06. The van der Waals surface area contributed by atoms with Gasteiger partial charge in [0.2, 0.25) is 0 Å². The van der Waals surface area contributed by atoms with Gasteiger partial charge in [0.15, 0.2) is 0 Å². The van der Waals surface area contributed by atoms with Gasteiger partial charge in [-0.25, -0.2) is 0 Å². The highest BCUT2D eigenvalue weighted by Crippen LogP contribution is 2.63. The van der Waals surface area contributed by atoms with E-state index >= 15 is 0 Å². The van der Waals surface area contributed by atoms with E-state index in [4.69, 9.17) is 4.74 Å². The summed E-state index contributed by atoms with van der Waals surface area (Å²) in [6.07, 6.45) is 5.82. The minimum absolute atomic E-state index is 0.689. The van der Waals surface area contributed by atoms with Crippen LogP contribution >= 0.6 is 0 Å². The third-order valence-corrected chi connectivity index (χ3v) is 3.02. The Balaban J connectivity index is 1.95. The Labute approximate surface area is 56.4 Å². The van der Waals surface area contributed by atoms with E-state index in [0.29, 0.717) is 5.41 Å². The molecule has 0 amide bonds. The van der Waals surface area contributed by atoms with Gasteiger partial charge in [-0.1, -0.05) is 6.42 Å². The van der Waals surface area contributed by atoms with Gasteiger partial charge in [-0.3, -0.25) is 0 Å². The van der Waals surface area contributed by atoms with Gasteiger partial charge >= 0.3 is 0 Å². The Bertz CT molecular complexity index is 122. The first kappa shape index (κ1) is 5.72. The summed E-state index contributed by atoms with van der Waals surface area (Å²) in [5.41, 5.74) is 0.689. The van der Waals surface area contributed by atoms with Crippen molar-refractivity contribution in [3.05, 3.63) is 0 Å². The molecule has 2 aliphatic rings. The van der Waals surface area contributed by atoms with Crippen LogP contribution in [0.3, 0.4) is 0 Å². The molecule has 0 aliphatic heterocycles. The van der Waals surface area contributed by atoms with Crippen molar-refractivity contribution in [3.8, 4) is 0 Å². The number of fused-ring (bicyclic) bond motifs is 1. The second kappa shape index (κ2) is 1.72. The molecule has 0 spiro atoms. The van der Waals surface area contributed by atoms with Gasteiger partial charge in [-0.15, -0.1) is 0 Å². The highest BCUT2D eigenvalue weighted by atomic mass is 16.5. The number of ether oxygens (including phenoxy) is 1. The van der Waals surface area contributed by atoms with Crippen LogP contribution in [-0.4, -0.2) is 13.7 Å². The van der Waals surface area contributed by atoms with E-state index in [9.17, 15) is 0 Å². The predicted octanol–water partition coefficient (Wildman–Crippen LogP) is 1.82. The zero-order valence-electron chi connectivity index (χ0n) is 6.02. The van der Waals surface area contributed by atoms with Gasteiger partial charge < -0.3 is 4.74 Å². The van der Waals surface area contributed by atoms with Crippen LogP contribution in [0.4, 0.5) is 0 Å². The van der Waals surface area contributed by atoms with E-state index < -0.39 is 0 Å². The van der Waals surface area contributed by atoms with Crippen molar-refractivity contribution in [2.45, 2.75) is 25.7 Å². The van der Waals surface area contributed by atoms with E-state index in [2.05, 4.69) is 0 Å². The van der Waals surface area contributed by atoms with Crippen molar-refractivity contribution in [1.29, 1.82) is 0 Å². The first-order valence-corrected chi connectivity index (χ1v) is 3.86. The van der Waals surface area contributed by atoms with Gasteiger partial charge in [0, 0.05) is 7.11 Å². The van der Waals surface area contributed by atoms with Crippen LogP contribution in [0, 0.1) is 11.3 Å². The van der Waals surface area contributed by atoms with E-state index in [1.165, 1.54) is 25.7 Å². The third-order valence-electron chi connectivity index (χ3n) is 3.02. The van der Waals surface area contributed by atoms with E-state index in [-0.39, 0.29) is 0 Å². The smallest absolute Gasteiger partial charge is 0.0521 e. The fourth-order valence-electron chi connectivity index (χ4n) is 2.38. The Kier molecular flexibility index (Phi) is 1.10. The molecular weight excluding hydrogens is 112 g/mol. The quantitative estimate of drug-likeness (QED) is 0.548. The number of hydrogen-bond donors (Lipinski definition) is 0. The molecule has 2 fully saturated rings. The molecule has 2 atom stereocenters. The van der Waals surface area contributed by atoms with Gasteiger partial charge in [0.05, 0.1) is 6.61 Å². The minimum Gasteiger partial charge on any atom is -0.384 e. The molecule has 0 saturated heterocycles. The number of rotatable bonds is 2. The summed E-state index contributed by atoms with van der Waals surface area (Å²) in [5, 5.41) is 0. The molecule has 2 aliphatic carbocycles. The topological polar surface area (TPSA) is 9.23 Å². The Morgan fingerprint density at radius 2 is 2.56 bits per heavy atom. The minimum atomic E-state index is 0.689. The van der Waals surface area contributed by atoms with E-state index in [1.807, 2.05) is 7.11 Å². The van der Waals surface area contributed by atoms with E-state index in [0.717, 1.165) is 12.5 Å². The van der Waals surface area contributed by atoms with Crippen LogP contribution in [-0.2, 0) is 4.74 Å². The lowest BCUT2D eigenvalue weighted by Gasteiger charge is -2.08. The highest BCUT2D eigenvalue weighted by Gasteiger charge is 2.56. The van der Waals surface area contributed by atoms with Crippen molar-refractivity contribution in [1.82, 2.24) is 0 Å². The van der Waals surface area contributed by atoms with Crippen molar-refractivity contribution < 1.29 is 4.74 Å². The lowest BCUT2D eigenvalue weighted by atomic mass is 10.1. The standard InChI is InChI=1S/C8H14O/c1-9-6-8-4-2-3-7(8)5-8/h7H,2-6H2,1H3. The van der Waals surface area contributed by atoms with E-state index in [1.54, 1.807) is 0 Å². The maximum Gasteiger partial charge on any atom is 0.0521 e. The van der Waals surface area contributed by atoms with Crippen molar-refractivity contribution >= 4 is 0 Å². The Morgan fingerprint density at radius 1 is 1.67 bits per heavy atom. The zero-order chi connectivity index (χ0) is 6.32. The molecule has 1 nitrogen and oxygen atoms in total. The fourth-order valence-corrected chi connectivity index (χ4v) is 2.38. The largest absolute Gasteiger partial charge is 0.384 e. The summed E-state index contributed by atoms with van der Waals surface area (Å²) in [5.74, 6) is 1.05. The molecule has 2 rings (SSSR count). The summed E-state index contributed by atoms with van der Waals surface area (Å²) in [4.78, 5) is 0. The molecule has 2 saturated carbocycles. The lowest BCUT2D eigenvalue weighted by molar-refractivity contribution is 0.137. The molecule has 9 heavy (non-hydrogen) atoms. The normalized spacial score (nSPS) is 47.0. The number of methoxy groups -OCH3 is 1. The van der Waals surface area contributed by atoms with Crippen molar-refractivity contribution in [2.75, 3.05) is 13.7 Å². The van der Waals surface area contributed by atoms with Gasteiger partial charge in [-0.2, -0.15) is 0 Å². The molecule has 52 valence electrons. The van der Waals surface area contributed by atoms with Gasteiger partial charge in [-0.05, 0) is 30.6 Å². The summed E-state index contributed by atoms with van der Waals surface area (Å²) >= 11 is 0. The highest BCUT2D eigenvalue weighted by molar-refractivity contribution is 5.06. The average Bonchev–Trinajstić information content (AvgIpc) is 2.37. The summed E-state index contributed by atoms with van der Waals surface area (Å²) < 4.78 is 5.17. The Hall–Kier alpha value is -0.0400. The second-order valence-corrected chi connectivity index (χ2v) is 3.59. The van der Waals surface area contributed by atoms with Crippen LogP contribution in [0.25, 0.3) is 0 Å². The van der Waals surface area contributed by atoms with Crippen LogP contribution < -0.4 is 0 Å². The molecular formula is C8H14O. The summed E-state index contributed by atoms with van der Waals surface area (Å²) in [6, 6.07) is 0. The molecule has 0 heterocycles. The molecule has 0 aromatic carbocycles. The Morgan fingerprint density at radius 3 is 3.00 bits per heavy atom.